The third-order valence-corrected chi connectivity index (χ3v) is 3.86. The minimum atomic E-state index is -0.954. The number of ether oxygens (including phenoxy) is 1. The maximum Gasteiger partial charge on any atom is 0.339 e. The Morgan fingerprint density at radius 1 is 1.61 bits per heavy atom. The largest absolute Gasteiger partial charge is 0.478 e. The molecular weight excluding hydrogens is 232 g/mol. The summed E-state index contributed by atoms with van der Waals surface area (Å²) in [5, 5.41) is 12.1. The number of fused-ring (bicyclic) bond motifs is 1. The smallest absolute Gasteiger partial charge is 0.339 e. The van der Waals surface area contributed by atoms with Gasteiger partial charge in [-0.2, -0.15) is 0 Å². The van der Waals surface area contributed by atoms with Gasteiger partial charge in [-0.1, -0.05) is 0 Å². The van der Waals surface area contributed by atoms with E-state index in [9.17, 15) is 4.79 Å². The van der Waals surface area contributed by atoms with Crippen LogP contribution in [0.5, 0.6) is 0 Å². The molecule has 0 aromatic carbocycles. The molecule has 1 saturated carbocycles. The molecule has 4 rings (SSSR count). The number of hydrogen-bond donors (Lipinski definition) is 2. The fourth-order valence-electron chi connectivity index (χ4n) is 2.93. The van der Waals surface area contributed by atoms with E-state index in [1.165, 1.54) is 0 Å². The van der Waals surface area contributed by atoms with Crippen LogP contribution in [-0.4, -0.2) is 34.8 Å². The molecular formula is C13H16N2O3. The number of pyridine rings is 1. The van der Waals surface area contributed by atoms with Gasteiger partial charge < -0.3 is 15.2 Å². The molecule has 3 heterocycles. The summed E-state index contributed by atoms with van der Waals surface area (Å²) in [4.78, 5) is 15.1. The van der Waals surface area contributed by atoms with Crippen molar-refractivity contribution >= 4 is 11.8 Å². The number of carboxylic acids is 1. The fourth-order valence-corrected chi connectivity index (χ4v) is 2.93. The van der Waals surface area contributed by atoms with Crippen LogP contribution >= 0.6 is 0 Å². The maximum absolute atomic E-state index is 11.0. The maximum atomic E-state index is 11.0. The summed E-state index contributed by atoms with van der Waals surface area (Å²) < 4.78 is 5.75. The van der Waals surface area contributed by atoms with E-state index in [0.29, 0.717) is 12.4 Å². The number of aromatic carboxylic acids is 1. The summed E-state index contributed by atoms with van der Waals surface area (Å²) in [5.41, 5.74) is 0.282. The molecule has 5 heteroatoms. The third-order valence-electron chi connectivity index (χ3n) is 3.86. The second kappa shape index (κ2) is 4.24. The van der Waals surface area contributed by atoms with E-state index in [2.05, 4.69) is 10.3 Å². The number of nitrogens with one attached hydrogen (secondary N) is 1. The van der Waals surface area contributed by atoms with Crippen LogP contribution in [0.25, 0.3) is 0 Å². The second-order valence-corrected chi connectivity index (χ2v) is 5.15. The van der Waals surface area contributed by atoms with Gasteiger partial charge in [0.1, 0.15) is 11.4 Å². The summed E-state index contributed by atoms with van der Waals surface area (Å²) >= 11 is 0. The molecule has 0 amide bonds. The second-order valence-electron chi connectivity index (χ2n) is 5.15. The Labute approximate surface area is 105 Å². The summed E-state index contributed by atoms with van der Waals surface area (Å²) in [6, 6.07) is 3.19. The van der Waals surface area contributed by atoms with Crippen LogP contribution < -0.4 is 5.32 Å². The van der Waals surface area contributed by atoms with Crippen molar-refractivity contribution in [2.75, 3.05) is 18.5 Å². The Hall–Kier alpha value is -1.62. The molecule has 0 spiro atoms. The molecule has 0 unspecified atom stereocenters. The Morgan fingerprint density at radius 3 is 3.11 bits per heavy atom. The van der Waals surface area contributed by atoms with Crippen molar-refractivity contribution in [3.05, 3.63) is 23.9 Å². The van der Waals surface area contributed by atoms with Gasteiger partial charge in [0.25, 0.3) is 0 Å². The van der Waals surface area contributed by atoms with Crippen molar-refractivity contribution in [1.82, 2.24) is 4.98 Å². The first kappa shape index (κ1) is 11.5. The van der Waals surface area contributed by atoms with Gasteiger partial charge in [-0.25, -0.2) is 9.78 Å². The van der Waals surface area contributed by atoms with Gasteiger partial charge in [0, 0.05) is 12.7 Å². The number of hydrogen-bond acceptors (Lipinski definition) is 4. The average Bonchev–Trinajstić information content (AvgIpc) is 2.89. The molecule has 3 fully saturated rings. The third kappa shape index (κ3) is 1.95. The zero-order valence-electron chi connectivity index (χ0n) is 10.1. The van der Waals surface area contributed by atoms with Crippen molar-refractivity contribution in [3.8, 4) is 0 Å². The van der Waals surface area contributed by atoms with E-state index in [1.54, 1.807) is 18.3 Å². The lowest BCUT2D eigenvalue weighted by atomic mass is 9.73. The number of anilines is 1. The van der Waals surface area contributed by atoms with Crippen molar-refractivity contribution in [2.24, 2.45) is 5.92 Å². The highest BCUT2D eigenvalue weighted by Crippen LogP contribution is 2.50. The van der Waals surface area contributed by atoms with Gasteiger partial charge in [-0.3, -0.25) is 0 Å². The van der Waals surface area contributed by atoms with Crippen LogP contribution in [0.2, 0.25) is 0 Å². The quantitative estimate of drug-likeness (QED) is 0.830. The Bertz CT molecular complexity index is 464. The van der Waals surface area contributed by atoms with Gasteiger partial charge >= 0.3 is 5.97 Å². The average molecular weight is 248 g/mol. The minimum absolute atomic E-state index is 0.0653. The minimum Gasteiger partial charge on any atom is -0.478 e. The van der Waals surface area contributed by atoms with Gasteiger partial charge in [0.05, 0.1) is 12.2 Å². The van der Waals surface area contributed by atoms with E-state index in [-0.39, 0.29) is 11.2 Å². The molecule has 2 N–H and O–H groups in total. The molecule has 0 atom stereocenters. The lowest BCUT2D eigenvalue weighted by Crippen LogP contribution is -2.38. The molecule has 5 nitrogen and oxygen atoms in total. The van der Waals surface area contributed by atoms with E-state index < -0.39 is 5.97 Å². The predicted octanol–water partition coefficient (Wildman–Crippen LogP) is 1.76. The van der Waals surface area contributed by atoms with Crippen LogP contribution in [0.3, 0.4) is 0 Å². The molecule has 1 aliphatic carbocycles. The van der Waals surface area contributed by atoms with Crippen LogP contribution in [0, 0.1) is 5.92 Å². The Kier molecular flexibility index (Phi) is 2.70. The van der Waals surface area contributed by atoms with Crippen molar-refractivity contribution in [2.45, 2.75) is 24.9 Å². The Balaban J connectivity index is 1.58. The molecule has 2 saturated heterocycles. The van der Waals surface area contributed by atoms with Crippen LogP contribution in [0.4, 0.5) is 5.82 Å². The highest BCUT2D eigenvalue weighted by atomic mass is 16.5. The van der Waals surface area contributed by atoms with Crippen molar-refractivity contribution in [3.63, 3.8) is 0 Å². The molecule has 1 aromatic heterocycles. The molecule has 1 aromatic rings. The number of nitrogens with zero attached hydrogens (tertiary/aromatic N) is 1. The summed E-state index contributed by atoms with van der Waals surface area (Å²) in [6.45, 7) is 1.59. The number of aromatic nitrogens is 1. The van der Waals surface area contributed by atoms with Gasteiger partial charge in [-0.05, 0) is 37.3 Å². The Morgan fingerprint density at radius 2 is 2.44 bits per heavy atom. The first-order chi connectivity index (χ1) is 8.69. The fraction of sp³-hybridized carbons (Fsp3) is 0.538. The number of rotatable bonds is 5. The topological polar surface area (TPSA) is 71.5 Å². The molecule has 3 aliphatic rings. The van der Waals surface area contributed by atoms with Gasteiger partial charge in [-0.15, -0.1) is 0 Å². The zero-order valence-corrected chi connectivity index (χ0v) is 10.1. The first-order valence-electron chi connectivity index (χ1n) is 6.25. The normalized spacial score (nSPS) is 28.8. The van der Waals surface area contributed by atoms with E-state index in [4.69, 9.17) is 9.84 Å². The van der Waals surface area contributed by atoms with Crippen LogP contribution in [0.15, 0.2) is 18.3 Å². The van der Waals surface area contributed by atoms with Crippen molar-refractivity contribution in [1.29, 1.82) is 0 Å². The molecule has 18 heavy (non-hydrogen) atoms. The highest BCUT2D eigenvalue weighted by Gasteiger charge is 2.51. The molecule has 2 bridgehead atoms. The molecule has 2 aliphatic heterocycles. The monoisotopic (exact) mass is 248 g/mol. The lowest BCUT2D eigenvalue weighted by Gasteiger charge is -2.36. The highest BCUT2D eigenvalue weighted by molar-refractivity contribution is 5.92. The van der Waals surface area contributed by atoms with E-state index in [1.807, 2.05) is 0 Å². The number of carbonyl (C=O) groups is 1. The number of carboxylic acid groups (broad SMARTS) is 1. The SMILES string of the molecule is O=C(O)c1cccnc1NCCC12CC(CO1)C2. The lowest BCUT2D eigenvalue weighted by molar-refractivity contribution is -0.00269. The molecule has 96 valence electrons. The van der Waals surface area contributed by atoms with Crippen molar-refractivity contribution < 1.29 is 14.6 Å². The van der Waals surface area contributed by atoms with E-state index >= 15 is 0 Å². The summed E-state index contributed by atoms with van der Waals surface area (Å²) in [7, 11) is 0. The van der Waals surface area contributed by atoms with Crippen LogP contribution in [0.1, 0.15) is 29.6 Å². The zero-order chi connectivity index (χ0) is 12.6. The van der Waals surface area contributed by atoms with Crippen LogP contribution in [-0.2, 0) is 4.74 Å². The first-order valence-corrected chi connectivity index (χ1v) is 6.25. The van der Waals surface area contributed by atoms with Gasteiger partial charge in [0.2, 0.25) is 0 Å². The standard InChI is InChI=1S/C13H16N2O3/c16-12(17)10-2-1-4-14-11(10)15-5-3-13-6-9(7-13)8-18-13/h1-2,4,9H,3,5-8H2,(H,14,15)(H,16,17). The molecule has 0 radical (unpaired) electrons. The van der Waals surface area contributed by atoms with E-state index in [0.717, 1.165) is 31.8 Å². The predicted molar refractivity (Wildman–Crippen MR) is 65.7 cm³/mol. The summed E-state index contributed by atoms with van der Waals surface area (Å²) in [5.74, 6) is 0.245. The summed E-state index contributed by atoms with van der Waals surface area (Å²) in [6.07, 6.45) is 4.82. The van der Waals surface area contributed by atoms with Gasteiger partial charge in [0.15, 0.2) is 0 Å².